The highest BCUT2D eigenvalue weighted by Crippen LogP contribution is 2.29. The Balaban J connectivity index is 2.00. The van der Waals surface area contributed by atoms with Crippen molar-refractivity contribution in [2.45, 2.75) is 46.4 Å². The van der Waals surface area contributed by atoms with Crippen molar-refractivity contribution in [3.8, 4) is 5.75 Å². The van der Waals surface area contributed by atoms with Gasteiger partial charge in [0.15, 0.2) is 5.76 Å². The molecule has 0 saturated carbocycles. The molecular weight excluding hydrogens is 326 g/mol. The summed E-state index contributed by atoms with van der Waals surface area (Å²) >= 11 is 0. The maximum atomic E-state index is 13.2. The van der Waals surface area contributed by atoms with E-state index in [1.54, 1.807) is 0 Å². The number of carbonyl (C=O) groups excluding carboxylic acids is 1. The summed E-state index contributed by atoms with van der Waals surface area (Å²) in [7, 11) is 0. The summed E-state index contributed by atoms with van der Waals surface area (Å²) in [5.74, 6) is 1.03. The smallest absolute Gasteiger partial charge is 0.290 e. The van der Waals surface area contributed by atoms with Crippen molar-refractivity contribution in [2.24, 2.45) is 0 Å². The second-order valence-corrected chi connectivity index (χ2v) is 6.91. The number of hydrogen-bond donors (Lipinski definition) is 0. The van der Waals surface area contributed by atoms with Gasteiger partial charge in [-0.05, 0) is 45.9 Å². The molecule has 0 fully saturated rings. The van der Waals surface area contributed by atoms with E-state index in [2.05, 4.69) is 0 Å². The van der Waals surface area contributed by atoms with Crippen molar-refractivity contribution in [1.82, 2.24) is 4.90 Å². The zero-order valence-corrected chi connectivity index (χ0v) is 15.7. The maximum Gasteiger partial charge on any atom is 0.290 e. The molecule has 0 atom stereocenters. The fourth-order valence-corrected chi connectivity index (χ4v) is 3.27. The highest BCUT2D eigenvalue weighted by Gasteiger charge is 2.28. The van der Waals surface area contributed by atoms with Crippen molar-refractivity contribution in [3.63, 3.8) is 0 Å². The third kappa shape index (κ3) is 3.59. The second kappa shape index (κ2) is 7.65. The van der Waals surface area contributed by atoms with E-state index in [1.165, 1.54) is 0 Å². The normalized spacial score (nSPS) is 11.3. The number of carbonyl (C=O) groups is 1. The highest BCUT2D eigenvalue weighted by atomic mass is 16.5. The van der Waals surface area contributed by atoms with Crippen LogP contribution in [0.4, 0.5) is 0 Å². The zero-order chi connectivity index (χ0) is 18.7. The minimum Gasteiger partial charge on any atom is -0.489 e. The van der Waals surface area contributed by atoms with Crippen LogP contribution >= 0.6 is 0 Å². The van der Waals surface area contributed by atoms with Gasteiger partial charge >= 0.3 is 0 Å². The number of fused-ring (bicyclic) bond motifs is 1. The summed E-state index contributed by atoms with van der Waals surface area (Å²) in [6.45, 7) is 8.34. The molecule has 0 saturated heterocycles. The predicted molar refractivity (Wildman–Crippen MR) is 103 cm³/mol. The maximum absolute atomic E-state index is 13.2. The standard InChI is InChI=1S/C22H25NO3/c1-15(2)23(16(3)4)22(24)21-19(14-25-17-10-6-5-7-11-17)18-12-8-9-13-20(18)26-21/h5-13,15-16H,14H2,1-4H3. The van der Waals surface area contributed by atoms with E-state index in [1.807, 2.05) is 87.2 Å². The topological polar surface area (TPSA) is 42.7 Å². The van der Waals surface area contributed by atoms with Gasteiger partial charge in [0, 0.05) is 23.0 Å². The van der Waals surface area contributed by atoms with Crippen molar-refractivity contribution < 1.29 is 13.9 Å². The van der Waals surface area contributed by atoms with Crippen LogP contribution in [0.15, 0.2) is 59.0 Å². The quantitative estimate of drug-likeness (QED) is 0.607. The number of hydrogen-bond acceptors (Lipinski definition) is 3. The minimum atomic E-state index is -0.0992. The molecular formula is C22H25NO3. The van der Waals surface area contributed by atoms with Crippen LogP contribution < -0.4 is 4.74 Å². The first-order valence-corrected chi connectivity index (χ1v) is 9.00. The molecule has 1 heterocycles. The Morgan fingerprint density at radius 2 is 1.58 bits per heavy atom. The van der Waals surface area contributed by atoms with E-state index >= 15 is 0 Å². The summed E-state index contributed by atoms with van der Waals surface area (Å²) in [5.41, 5.74) is 1.50. The molecule has 3 rings (SSSR count). The van der Waals surface area contributed by atoms with Crippen molar-refractivity contribution >= 4 is 16.9 Å². The van der Waals surface area contributed by atoms with Gasteiger partial charge in [-0.2, -0.15) is 0 Å². The number of furan rings is 1. The molecule has 0 aliphatic rings. The van der Waals surface area contributed by atoms with Crippen LogP contribution in [0, 0.1) is 0 Å². The molecule has 0 spiro atoms. The molecule has 136 valence electrons. The van der Waals surface area contributed by atoms with Gasteiger partial charge in [0.2, 0.25) is 0 Å². The Morgan fingerprint density at radius 3 is 2.23 bits per heavy atom. The summed E-state index contributed by atoms with van der Waals surface area (Å²) < 4.78 is 11.9. The molecule has 0 aliphatic carbocycles. The lowest BCUT2D eigenvalue weighted by atomic mass is 10.1. The molecule has 3 aromatic rings. The monoisotopic (exact) mass is 351 g/mol. The van der Waals surface area contributed by atoms with Crippen molar-refractivity contribution in [1.29, 1.82) is 0 Å². The first-order chi connectivity index (χ1) is 12.5. The third-order valence-corrected chi connectivity index (χ3v) is 4.37. The summed E-state index contributed by atoms with van der Waals surface area (Å²) in [5, 5.41) is 0.916. The number of benzene rings is 2. The lowest BCUT2D eigenvalue weighted by Gasteiger charge is -2.30. The van der Waals surface area contributed by atoms with Crippen molar-refractivity contribution in [3.05, 3.63) is 65.9 Å². The lowest BCUT2D eigenvalue weighted by Crippen LogP contribution is -2.42. The van der Waals surface area contributed by atoms with Crippen LogP contribution in [0.25, 0.3) is 11.0 Å². The Bertz CT molecular complexity index is 873. The van der Waals surface area contributed by atoms with Crippen LogP contribution in [0.1, 0.15) is 43.8 Å². The SMILES string of the molecule is CC(C)N(C(=O)c1oc2ccccc2c1COc1ccccc1)C(C)C. The molecule has 1 amide bonds. The summed E-state index contributed by atoms with van der Waals surface area (Å²) in [4.78, 5) is 15.0. The Hall–Kier alpha value is -2.75. The van der Waals surface area contributed by atoms with Gasteiger partial charge in [-0.15, -0.1) is 0 Å². The Morgan fingerprint density at radius 1 is 0.962 bits per heavy atom. The molecule has 4 nitrogen and oxygen atoms in total. The van der Waals surface area contributed by atoms with E-state index in [0.717, 1.165) is 16.7 Å². The van der Waals surface area contributed by atoms with E-state index < -0.39 is 0 Å². The number of para-hydroxylation sites is 2. The Kier molecular flexibility index (Phi) is 5.31. The first kappa shape index (κ1) is 18.1. The average molecular weight is 351 g/mol. The van der Waals surface area contributed by atoms with Crippen LogP contribution in [0.2, 0.25) is 0 Å². The fraction of sp³-hybridized carbons (Fsp3) is 0.318. The van der Waals surface area contributed by atoms with Crippen LogP contribution in [0.5, 0.6) is 5.75 Å². The number of amides is 1. The number of rotatable bonds is 6. The van der Waals surface area contributed by atoms with Crippen molar-refractivity contribution in [2.75, 3.05) is 0 Å². The molecule has 0 unspecified atom stereocenters. The first-order valence-electron chi connectivity index (χ1n) is 9.00. The largest absolute Gasteiger partial charge is 0.489 e. The third-order valence-electron chi connectivity index (χ3n) is 4.37. The van der Waals surface area contributed by atoms with Gasteiger partial charge in [0.05, 0.1) is 0 Å². The average Bonchev–Trinajstić information content (AvgIpc) is 2.99. The van der Waals surface area contributed by atoms with E-state index in [4.69, 9.17) is 9.15 Å². The molecule has 4 heteroatoms. The fourth-order valence-electron chi connectivity index (χ4n) is 3.27. The van der Waals surface area contributed by atoms with E-state index in [-0.39, 0.29) is 24.6 Å². The van der Waals surface area contributed by atoms with Gasteiger partial charge in [0.1, 0.15) is 17.9 Å². The van der Waals surface area contributed by atoms with Gasteiger partial charge in [-0.25, -0.2) is 0 Å². The van der Waals surface area contributed by atoms with Gasteiger partial charge in [-0.1, -0.05) is 36.4 Å². The lowest BCUT2D eigenvalue weighted by molar-refractivity contribution is 0.0609. The van der Waals surface area contributed by atoms with Gasteiger partial charge in [-0.3, -0.25) is 4.79 Å². The molecule has 1 aromatic heterocycles. The molecule has 0 radical (unpaired) electrons. The van der Waals surface area contributed by atoms with Crippen LogP contribution in [-0.2, 0) is 6.61 Å². The van der Waals surface area contributed by atoms with E-state index in [9.17, 15) is 4.79 Å². The molecule has 0 N–H and O–H groups in total. The number of ether oxygens (including phenoxy) is 1. The summed E-state index contributed by atoms with van der Waals surface area (Å²) in [6.07, 6.45) is 0. The summed E-state index contributed by atoms with van der Waals surface area (Å²) in [6, 6.07) is 17.5. The highest BCUT2D eigenvalue weighted by molar-refractivity contribution is 5.99. The molecule has 26 heavy (non-hydrogen) atoms. The van der Waals surface area contributed by atoms with E-state index in [0.29, 0.717) is 11.3 Å². The van der Waals surface area contributed by atoms with Gasteiger partial charge in [0.25, 0.3) is 5.91 Å². The molecule has 2 aromatic carbocycles. The van der Waals surface area contributed by atoms with Crippen LogP contribution in [0.3, 0.4) is 0 Å². The number of nitrogens with zero attached hydrogens (tertiary/aromatic N) is 1. The van der Waals surface area contributed by atoms with Gasteiger partial charge < -0.3 is 14.1 Å². The zero-order valence-electron chi connectivity index (χ0n) is 15.7. The Labute approximate surface area is 154 Å². The minimum absolute atomic E-state index is 0.0820. The second-order valence-electron chi connectivity index (χ2n) is 6.91. The van der Waals surface area contributed by atoms with Crippen LogP contribution in [-0.4, -0.2) is 22.9 Å². The molecule has 0 aliphatic heterocycles. The predicted octanol–water partition coefficient (Wildman–Crippen LogP) is 5.27. The molecule has 0 bridgehead atoms.